The summed E-state index contributed by atoms with van der Waals surface area (Å²) in [5, 5.41) is 31.2. The molecule has 1 aromatic rings. The lowest BCUT2D eigenvalue weighted by atomic mass is 10.1. The molecule has 0 atom stereocenters. The van der Waals surface area contributed by atoms with E-state index in [4.69, 9.17) is 11.0 Å². The highest BCUT2D eigenvalue weighted by atomic mass is 19.4. The van der Waals surface area contributed by atoms with Gasteiger partial charge in [-0.1, -0.05) is 0 Å². The number of anilines is 2. The van der Waals surface area contributed by atoms with Crippen molar-refractivity contribution in [3.05, 3.63) is 31.9 Å². The number of nitrogen functional groups attached to an aromatic ring is 1. The molecular formula is C8H4F3N5O4. The van der Waals surface area contributed by atoms with E-state index in [1.54, 1.807) is 0 Å². The summed E-state index contributed by atoms with van der Waals surface area (Å²) in [5.74, 6) is 0. The molecule has 0 saturated carbocycles. The molecule has 0 radical (unpaired) electrons. The van der Waals surface area contributed by atoms with Crippen LogP contribution in [0.5, 0.6) is 0 Å². The topological polar surface area (TPSA) is 148 Å². The van der Waals surface area contributed by atoms with E-state index in [2.05, 4.69) is 0 Å². The normalized spacial score (nSPS) is 10.7. The van der Waals surface area contributed by atoms with Crippen molar-refractivity contribution in [1.82, 2.24) is 0 Å². The maximum Gasteiger partial charge on any atom is 0.418 e. The molecule has 106 valence electrons. The minimum Gasteiger partial charge on any atom is -0.387 e. The van der Waals surface area contributed by atoms with Crippen LogP contribution in [0.15, 0.2) is 6.07 Å². The highest BCUT2D eigenvalue weighted by molar-refractivity contribution is 5.85. The van der Waals surface area contributed by atoms with E-state index < -0.39 is 44.3 Å². The van der Waals surface area contributed by atoms with E-state index in [1.165, 1.54) is 5.32 Å². The third-order valence-corrected chi connectivity index (χ3v) is 2.18. The molecule has 0 unspecified atom stereocenters. The molecule has 1 rings (SSSR count). The molecule has 20 heavy (non-hydrogen) atoms. The summed E-state index contributed by atoms with van der Waals surface area (Å²) >= 11 is 0. The molecule has 0 aliphatic rings. The fourth-order valence-electron chi connectivity index (χ4n) is 1.42. The van der Waals surface area contributed by atoms with E-state index in [9.17, 15) is 33.4 Å². The van der Waals surface area contributed by atoms with Gasteiger partial charge in [-0.3, -0.25) is 25.5 Å². The third-order valence-electron chi connectivity index (χ3n) is 2.18. The Bertz CT molecular complexity index is 636. The van der Waals surface area contributed by atoms with Gasteiger partial charge < -0.3 is 5.73 Å². The average Bonchev–Trinajstić information content (AvgIpc) is 2.26. The Morgan fingerprint density at radius 2 is 1.85 bits per heavy atom. The number of alkyl halides is 3. The summed E-state index contributed by atoms with van der Waals surface area (Å²) in [6.45, 7) is 0. The Morgan fingerprint density at radius 3 is 2.20 bits per heavy atom. The van der Waals surface area contributed by atoms with Gasteiger partial charge in [-0.2, -0.15) is 18.4 Å². The molecule has 0 bridgehead atoms. The number of hydrogen-bond donors (Lipinski definition) is 2. The van der Waals surface area contributed by atoms with Gasteiger partial charge in [-0.15, -0.1) is 0 Å². The first kappa shape index (κ1) is 15.0. The van der Waals surface area contributed by atoms with Crippen molar-refractivity contribution in [2.45, 2.75) is 6.18 Å². The number of nitrogens with zero attached hydrogens (tertiary/aromatic N) is 3. The number of nitriles is 1. The molecule has 0 saturated heterocycles. The molecular weight excluding hydrogens is 287 g/mol. The van der Waals surface area contributed by atoms with Crippen molar-refractivity contribution in [3.63, 3.8) is 0 Å². The Hall–Kier alpha value is -3.10. The summed E-state index contributed by atoms with van der Waals surface area (Å²) in [7, 11) is 0. The molecule has 0 fully saturated rings. The van der Waals surface area contributed by atoms with E-state index in [0.29, 0.717) is 0 Å². The molecule has 1 aromatic carbocycles. The maximum absolute atomic E-state index is 12.8. The summed E-state index contributed by atoms with van der Waals surface area (Å²) < 4.78 is 38.3. The zero-order valence-electron chi connectivity index (χ0n) is 9.26. The van der Waals surface area contributed by atoms with E-state index in [-0.39, 0.29) is 6.07 Å². The van der Waals surface area contributed by atoms with Crippen LogP contribution in [-0.4, -0.2) is 9.85 Å². The van der Waals surface area contributed by atoms with E-state index in [0.717, 1.165) is 6.19 Å². The highest BCUT2D eigenvalue weighted by Crippen LogP contribution is 2.46. The number of nitrogens with one attached hydrogen (secondary N) is 1. The van der Waals surface area contributed by atoms with Gasteiger partial charge in [0.05, 0.1) is 15.4 Å². The van der Waals surface area contributed by atoms with Gasteiger partial charge in [0.15, 0.2) is 11.9 Å². The van der Waals surface area contributed by atoms with Crippen LogP contribution in [0.4, 0.5) is 35.9 Å². The Kier molecular flexibility index (Phi) is 3.65. The number of rotatable bonds is 3. The first-order chi connectivity index (χ1) is 9.11. The number of hydrogen-bond acceptors (Lipinski definition) is 7. The quantitative estimate of drug-likeness (QED) is 0.284. The Morgan fingerprint density at radius 1 is 1.30 bits per heavy atom. The van der Waals surface area contributed by atoms with Gasteiger partial charge in [0.1, 0.15) is 5.69 Å². The molecule has 0 aliphatic carbocycles. The fourth-order valence-corrected chi connectivity index (χ4v) is 1.42. The first-order valence-electron chi connectivity index (χ1n) is 4.58. The van der Waals surface area contributed by atoms with Crippen molar-refractivity contribution in [2.75, 3.05) is 11.1 Å². The zero-order chi connectivity index (χ0) is 15.7. The second-order valence-electron chi connectivity index (χ2n) is 3.33. The Labute approximate surface area is 107 Å². The van der Waals surface area contributed by atoms with Gasteiger partial charge >= 0.3 is 11.9 Å². The molecule has 0 aliphatic heterocycles. The standard InChI is InChI=1S/C8H4F3N5O4/c9-8(10,11)3-1-4(15(17)18)5(13)7(16(19)20)6(3)14-2-12/h1,14H,13H2. The fraction of sp³-hybridized carbons (Fsp3) is 0.125. The van der Waals surface area contributed by atoms with Crippen LogP contribution in [-0.2, 0) is 6.18 Å². The predicted molar refractivity (Wildman–Crippen MR) is 58.4 cm³/mol. The molecule has 0 amide bonds. The number of nitro benzene ring substituents is 2. The first-order valence-corrected chi connectivity index (χ1v) is 4.58. The largest absolute Gasteiger partial charge is 0.418 e. The molecule has 12 heteroatoms. The van der Waals surface area contributed by atoms with Gasteiger partial charge in [0.25, 0.3) is 5.69 Å². The lowest BCUT2D eigenvalue weighted by Gasteiger charge is -2.12. The molecule has 0 heterocycles. The second-order valence-corrected chi connectivity index (χ2v) is 3.33. The second kappa shape index (κ2) is 4.88. The molecule has 3 N–H and O–H groups in total. The summed E-state index contributed by atoms with van der Waals surface area (Å²) in [5.41, 5.74) is -1.57. The van der Waals surface area contributed by atoms with Crippen LogP contribution in [0, 0.1) is 31.7 Å². The van der Waals surface area contributed by atoms with Crippen molar-refractivity contribution < 1.29 is 23.0 Å². The SMILES string of the molecule is N#CNc1c(C(F)(F)F)cc([N+](=O)[O-])c(N)c1[N+](=O)[O-]. The molecule has 9 nitrogen and oxygen atoms in total. The third kappa shape index (κ3) is 2.51. The number of benzene rings is 1. The molecule has 0 aromatic heterocycles. The lowest BCUT2D eigenvalue weighted by molar-refractivity contribution is -0.392. The van der Waals surface area contributed by atoms with Crippen LogP contribution in [0.3, 0.4) is 0 Å². The van der Waals surface area contributed by atoms with E-state index in [1.807, 2.05) is 0 Å². The highest BCUT2D eigenvalue weighted by Gasteiger charge is 2.42. The Balaban J connectivity index is 3.88. The number of nitro groups is 2. The van der Waals surface area contributed by atoms with Crippen LogP contribution >= 0.6 is 0 Å². The van der Waals surface area contributed by atoms with Crippen LogP contribution in [0.2, 0.25) is 0 Å². The minimum atomic E-state index is -5.15. The average molecular weight is 291 g/mol. The maximum atomic E-state index is 12.8. The van der Waals surface area contributed by atoms with Crippen molar-refractivity contribution in [1.29, 1.82) is 5.26 Å². The van der Waals surface area contributed by atoms with E-state index >= 15 is 0 Å². The summed E-state index contributed by atoms with van der Waals surface area (Å²) in [6.07, 6.45) is -4.06. The lowest BCUT2D eigenvalue weighted by Crippen LogP contribution is -2.13. The molecule has 0 spiro atoms. The monoisotopic (exact) mass is 291 g/mol. The summed E-state index contributed by atoms with van der Waals surface area (Å²) in [6, 6.07) is 0.0298. The van der Waals surface area contributed by atoms with Gasteiger partial charge in [-0.05, 0) is 0 Å². The smallest absolute Gasteiger partial charge is 0.387 e. The van der Waals surface area contributed by atoms with Crippen LogP contribution in [0.25, 0.3) is 0 Å². The van der Waals surface area contributed by atoms with Crippen molar-refractivity contribution in [3.8, 4) is 6.19 Å². The summed E-state index contributed by atoms with van der Waals surface area (Å²) in [4.78, 5) is 18.7. The zero-order valence-corrected chi connectivity index (χ0v) is 9.26. The van der Waals surface area contributed by atoms with Crippen LogP contribution < -0.4 is 11.1 Å². The van der Waals surface area contributed by atoms with Crippen molar-refractivity contribution >= 4 is 22.7 Å². The van der Waals surface area contributed by atoms with Crippen molar-refractivity contribution in [2.24, 2.45) is 0 Å². The van der Waals surface area contributed by atoms with Gasteiger partial charge in [0, 0.05) is 6.07 Å². The van der Waals surface area contributed by atoms with Gasteiger partial charge in [0.2, 0.25) is 0 Å². The van der Waals surface area contributed by atoms with Crippen LogP contribution in [0.1, 0.15) is 5.56 Å². The minimum absolute atomic E-state index is 0.0298. The number of halogens is 3. The predicted octanol–water partition coefficient (Wildman–Crippen LogP) is 2.00. The number of nitrogens with two attached hydrogens (primary N) is 1. The van der Waals surface area contributed by atoms with Gasteiger partial charge in [-0.25, -0.2) is 0 Å².